The first-order valence-corrected chi connectivity index (χ1v) is 11.8. The Labute approximate surface area is 206 Å². The average molecular weight is 487 g/mol. The van der Waals surface area contributed by atoms with Crippen LogP contribution in [0.25, 0.3) is 16.8 Å². The van der Waals surface area contributed by atoms with Crippen LogP contribution in [0, 0.1) is 11.3 Å². The van der Waals surface area contributed by atoms with Crippen molar-refractivity contribution >= 4 is 45.7 Å². The van der Waals surface area contributed by atoms with Gasteiger partial charge in [0.2, 0.25) is 0 Å². The van der Waals surface area contributed by atoms with Gasteiger partial charge in [0.05, 0.1) is 23.1 Å². The Kier molecular flexibility index (Phi) is 7.18. The minimum absolute atomic E-state index is 0.154. The Morgan fingerprint density at radius 3 is 2.63 bits per heavy atom. The summed E-state index contributed by atoms with van der Waals surface area (Å²) in [7, 11) is 0. The van der Waals surface area contributed by atoms with Crippen molar-refractivity contribution in [3.8, 4) is 11.8 Å². The molecule has 0 N–H and O–H groups in total. The molecule has 2 amide bonds. The number of fused-ring (bicyclic) bond motifs is 1. The van der Waals surface area contributed by atoms with Crippen LogP contribution in [-0.4, -0.2) is 34.7 Å². The monoisotopic (exact) mass is 486 g/mol. The molecule has 1 heterocycles. The lowest BCUT2D eigenvalue weighted by atomic mass is 10.0. The van der Waals surface area contributed by atoms with Gasteiger partial charge in [0.25, 0.3) is 11.1 Å². The first-order valence-electron chi connectivity index (χ1n) is 11.0. The van der Waals surface area contributed by atoms with Crippen molar-refractivity contribution in [1.82, 2.24) is 4.90 Å². The standard InChI is InChI=1S/C27H22N2O5S/c1-3-33-26(31)17(2)29-25(30)24(35-27(29)32)14-22-21-11-7-6-8-18(21)12-13-23(22)34-16-20-10-5-4-9-19(20)15-28/h4-14,17H,3,16H2,1-2H3/b24-14-/t17-/m0/s1. The smallest absolute Gasteiger partial charge is 0.329 e. The van der Waals surface area contributed by atoms with E-state index < -0.39 is 23.2 Å². The number of carbonyl (C=O) groups excluding carboxylic acids is 3. The lowest BCUT2D eigenvalue weighted by molar-refractivity contribution is -0.150. The van der Waals surface area contributed by atoms with Crippen molar-refractivity contribution in [3.63, 3.8) is 0 Å². The van der Waals surface area contributed by atoms with Crippen LogP contribution in [0.2, 0.25) is 0 Å². The maximum absolute atomic E-state index is 13.1. The minimum Gasteiger partial charge on any atom is -0.488 e. The number of carbonyl (C=O) groups is 3. The highest BCUT2D eigenvalue weighted by Gasteiger charge is 2.41. The molecular weight excluding hydrogens is 464 g/mol. The van der Waals surface area contributed by atoms with E-state index in [1.165, 1.54) is 6.92 Å². The number of thioether (sulfide) groups is 1. The van der Waals surface area contributed by atoms with E-state index in [2.05, 4.69) is 6.07 Å². The Hall–Kier alpha value is -4.09. The molecule has 1 atom stereocenters. The van der Waals surface area contributed by atoms with Gasteiger partial charge >= 0.3 is 5.97 Å². The first kappa shape index (κ1) is 24.0. The fourth-order valence-electron chi connectivity index (χ4n) is 3.77. The number of nitriles is 1. The van der Waals surface area contributed by atoms with Gasteiger partial charge < -0.3 is 9.47 Å². The van der Waals surface area contributed by atoms with Gasteiger partial charge in [-0.05, 0) is 54.6 Å². The van der Waals surface area contributed by atoms with Crippen LogP contribution in [0.15, 0.2) is 65.6 Å². The molecule has 7 nitrogen and oxygen atoms in total. The van der Waals surface area contributed by atoms with E-state index in [4.69, 9.17) is 9.47 Å². The van der Waals surface area contributed by atoms with Gasteiger partial charge in [-0.1, -0.05) is 48.5 Å². The van der Waals surface area contributed by atoms with E-state index in [9.17, 15) is 19.6 Å². The summed E-state index contributed by atoms with van der Waals surface area (Å²) in [4.78, 5) is 39.0. The average Bonchev–Trinajstić information content (AvgIpc) is 3.15. The molecule has 0 aliphatic carbocycles. The summed E-state index contributed by atoms with van der Waals surface area (Å²) < 4.78 is 11.1. The van der Waals surface area contributed by atoms with Crippen LogP contribution in [0.1, 0.15) is 30.5 Å². The SMILES string of the molecule is CCOC(=O)[C@H](C)N1C(=O)S/C(=C\c2c(OCc3ccccc3C#N)ccc3ccccc23)C1=O. The molecule has 3 aromatic rings. The number of imide groups is 1. The summed E-state index contributed by atoms with van der Waals surface area (Å²) in [5.41, 5.74) is 1.88. The number of benzene rings is 3. The molecule has 0 radical (unpaired) electrons. The zero-order valence-corrected chi connectivity index (χ0v) is 20.0. The maximum Gasteiger partial charge on any atom is 0.329 e. The predicted molar refractivity (Wildman–Crippen MR) is 133 cm³/mol. The summed E-state index contributed by atoms with van der Waals surface area (Å²) >= 11 is 0.770. The maximum atomic E-state index is 13.1. The molecular formula is C27H22N2O5S. The fraction of sp³-hybridized carbons (Fsp3) is 0.185. The normalized spacial score (nSPS) is 15.3. The molecule has 176 valence electrons. The van der Waals surface area contributed by atoms with E-state index in [1.54, 1.807) is 31.2 Å². The molecule has 3 aromatic carbocycles. The van der Waals surface area contributed by atoms with Crippen molar-refractivity contribution < 1.29 is 23.9 Å². The van der Waals surface area contributed by atoms with Crippen molar-refractivity contribution in [2.24, 2.45) is 0 Å². The Morgan fingerprint density at radius 2 is 1.86 bits per heavy atom. The number of hydrogen-bond donors (Lipinski definition) is 0. The third-order valence-corrected chi connectivity index (χ3v) is 6.45. The van der Waals surface area contributed by atoms with Crippen LogP contribution in [-0.2, 0) is 20.9 Å². The molecule has 4 rings (SSSR count). The number of ether oxygens (including phenoxy) is 2. The van der Waals surface area contributed by atoms with Crippen LogP contribution in [0.3, 0.4) is 0 Å². The van der Waals surface area contributed by atoms with Crippen molar-refractivity contribution in [1.29, 1.82) is 5.26 Å². The van der Waals surface area contributed by atoms with Crippen LogP contribution in [0.5, 0.6) is 5.75 Å². The van der Waals surface area contributed by atoms with Gasteiger partial charge in [0.1, 0.15) is 18.4 Å². The summed E-state index contributed by atoms with van der Waals surface area (Å²) in [6.45, 7) is 3.44. The lowest BCUT2D eigenvalue weighted by Gasteiger charge is -2.19. The fourth-order valence-corrected chi connectivity index (χ4v) is 4.66. The summed E-state index contributed by atoms with van der Waals surface area (Å²) in [5.74, 6) is -0.697. The van der Waals surface area contributed by atoms with Gasteiger partial charge in [0.15, 0.2) is 0 Å². The highest BCUT2D eigenvalue weighted by Crippen LogP contribution is 2.38. The molecule has 1 saturated heterocycles. The van der Waals surface area contributed by atoms with Crippen LogP contribution >= 0.6 is 11.8 Å². The van der Waals surface area contributed by atoms with E-state index in [0.717, 1.165) is 33.0 Å². The second-order valence-electron chi connectivity index (χ2n) is 7.74. The Bertz CT molecular complexity index is 1390. The first-order chi connectivity index (χ1) is 16.9. The number of nitrogens with zero attached hydrogens (tertiary/aromatic N) is 2. The summed E-state index contributed by atoms with van der Waals surface area (Å²) in [6, 6.07) is 19.6. The van der Waals surface area contributed by atoms with Gasteiger partial charge in [-0.2, -0.15) is 5.26 Å². The molecule has 1 aliphatic rings. The Morgan fingerprint density at radius 1 is 1.11 bits per heavy atom. The molecule has 0 aromatic heterocycles. The van der Waals surface area contributed by atoms with Gasteiger partial charge in [-0.3, -0.25) is 14.5 Å². The van der Waals surface area contributed by atoms with E-state index in [-0.39, 0.29) is 18.1 Å². The summed E-state index contributed by atoms with van der Waals surface area (Å²) in [5, 5.41) is 10.6. The zero-order chi connectivity index (χ0) is 24.9. The highest BCUT2D eigenvalue weighted by atomic mass is 32.2. The third kappa shape index (κ3) is 4.91. The molecule has 0 saturated carbocycles. The number of amides is 2. The second-order valence-corrected chi connectivity index (χ2v) is 8.73. The van der Waals surface area contributed by atoms with E-state index in [0.29, 0.717) is 16.9 Å². The van der Waals surface area contributed by atoms with Crippen molar-refractivity contribution in [2.75, 3.05) is 6.61 Å². The van der Waals surface area contributed by atoms with Crippen molar-refractivity contribution in [3.05, 3.63) is 82.3 Å². The van der Waals surface area contributed by atoms with E-state index in [1.807, 2.05) is 42.5 Å². The van der Waals surface area contributed by atoms with Crippen LogP contribution in [0.4, 0.5) is 4.79 Å². The van der Waals surface area contributed by atoms with E-state index >= 15 is 0 Å². The van der Waals surface area contributed by atoms with Gasteiger partial charge in [0, 0.05) is 11.1 Å². The number of rotatable bonds is 7. The topological polar surface area (TPSA) is 96.7 Å². The largest absolute Gasteiger partial charge is 0.488 e. The van der Waals surface area contributed by atoms with Gasteiger partial charge in [-0.25, -0.2) is 4.79 Å². The minimum atomic E-state index is -1.03. The molecule has 0 spiro atoms. The molecule has 0 bridgehead atoms. The quantitative estimate of drug-likeness (QED) is 0.331. The second kappa shape index (κ2) is 10.5. The molecule has 1 aliphatic heterocycles. The number of esters is 1. The lowest BCUT2D eigenvalue weighted by Crippen LogP contribution is -2.42. The molecule has 0 unspecified atom stereocenters. The van der Waals surface area contributed by atoms with Crippen molar-refractivity contribution in [2.45, 2.75) is 26.5 Å². The zero-order valence-electron chi connectivity index (χ0n) is 19.2. The summed E-state index contributed by atoms with van der Waals surface area (Å²) in [6.07, 6.45) is 1.62. The highest BCUT2D eigenvalue weighted by molar-refractivity contribution is 8.18. The predicted octanol–water partition coefficient (Wildman–Crippen LogP) is 5.28. The molecule has 35 heavy (non-hydrogen) atoms. The Balaban J connectivity index is 1.71. The third-order valence-electron chi connectivity index (χ3n) is 5.57. The number of hydrogen-bond acceptors (Lipinski definition) is 7. The van der Waals surface area contributed by atoms with Gasteiger partial charge in [-0.15, -0.1) is 0 Å². The molecule has 1 fully saturated rings. The molecule has 8 heteroatoms. The van der Waals surface area contributed by atoms with Crippen LogP contribution < -0.4 is 4.74 Å².